The van der Waals surface area contributed by atoms with Crippen molar-refractivity contribution >= 4 is 22.9 Å². The van der Waals surface area contributed by atoms with Gasteiger partial charge in [-0.25, -0.2) is 0 Å². The van der Waals surface area contributed by atoms with Crippen molar-refractivity contribution in [2.75, 3.05) is 31.5 Å². The molecule has 0 radical (unpaired) electrons. The lowest BCUT2D eigenvalue weighted by Gasteiger charge is -2.15. The standard InChI is InChI=1S/C20H22N4O/c25-14-17-16-5-1-2-6-18(16)23-20(17)19-13-15(7-8-22-19)21-9-12-24-10-3-4-11-24/h1-2,5-8,13-14,23H,3-4,9-12H2,(H,21,22). The minimum Gasteiger partial charge on any atom is -0.384 e. The third-order valence-electron chi connectivity index (χ3n) is 4.84. The van der Waals surface area contributed by atoms with Gasteiger partial charge in [0.05, 0.1) is 11.4 Å². The number of carbonyl (C=O) groups is 1. The lowest BCUT2D eigenvalue weighted by molar-refractivity contribution is 0.112. The molecule has 2 aromatic heterocycles. The van der Waals surface area contributed by atoms with E-state index in [9.17, 15) is 4.79 Å². The maximum Gasteiger partial charge on any atom is 0.152 e. The van der Waals surface area contributed by atoms with Crippen LogP contribution < -0.4 is 5.32 Å². The van der Waals surface area contributed by atoms with Gasteiger partial charge in [-0.2, -0.15) is 0 Å². The van der Waals surface area contributed by atoms with E-state index in [1.807, 2.05) is 36.4 Å². The first-order valence-electron chi connectivity index (χ1n) is 8.84. The van der Waals surface area contributed by atoms with Gasteiger partial charge >= 0.3 is 0 Å². The molecular weight excluding hydrogens is 312 g/mol. The van der Waals surface area contributed by atoms with Crippen molar-refractivity contribution in [2.24, 2.45) is 0 Å². The predicted molar refractivity (Wildman–Crippen MR) is 101 cm³/mol. The number of rotatable bonds is 6. The van der Waals surface area contributed by atoms with E-state index in [1.54, 1.807) is 6.20 Å². The molecule has 2 N–H and O–H groups in total. The number of anilines is 1. The van der Waals surface area contributed by atoms with E-state index in [4.69, 9.17) is 0 Å². The first kappa shape index (κ1) is 15.8. The zero-order chi connectivity index (χ0) is 17.1. The molecule has 4 rings (SSSR count). The summed E-state index contributed by atoms with van der Waals surface area (Å²) in [6.07, 6.45) is 5.32. The summed E-state index contributed by atoms with van der Waals surface area (Å²) in [7, 11) is 0. The highest BCUT2D eigenvalue weighted by molar-refractivity contribution is 6.04. The zero-order valence-electron chi connectivity index (χ0n) is 14.2. The van der Waals surface area contributed by atoms with Crippen LogP contribution in [0.1, 0.15) is 23.2 Å². The Kier molecular flexibility index (Phi) is 4.48. The Balaban J connectivity index is 1.55. The van der Waals surface area contributed by atoms with Gasteiger partial charge in [0.1, 0.15) is 0 Å². The minimum atomic E-state index is 0.664. The maximum atomic E-state index is 11.6. The second-order valence-corrected chi connectivity index (χ2v) is 6.48. The summed E-state index contributed by atoms with van der Waals surface area (Å²) >= 11 is 0. The Labute approximate surface area is 147 Å². The number of pyridine rings is 1. The van der Waals surface area contributed by atoms with Crippen LogP contribution in [-0.2, 0) is 0 Å². The highest BCUT2D eigenvalue weighted by atomic mass is 16.1. The molecule has 1 aromatic carbocycles. The number of aromatic amines is 1. The second-order valence-electron chi connectivity index (χ2n) is 6.48. The lowest BCUT2D eigenvalue weighted by atomic mass is 10.1. The highest BCUT2D eigenvalue weighted by Gasteiger charge is 2.14. The molecule has 5 heteroatoms. The van der Waals surface area contributed by atoms with Gasteiger partial charge in [0.15, 0.2) is 6.29 Å². The molecule has 0 saturated carbocycles. The smallest absolute Gasteiger partial charge is 0.152 e. The van der Waals surface area contributed by atoms with E-state index in [2.05, 4.69) is 20.2 Å². The normalized spacial score (nSPS) is 14.9. The summed E-state index contributed by atoms with van der Waals surface area (Å²) in [6.45, 7) is 4.39. The molecule has 1 aliphatic rings. The molecule has 1 saturated heterocycles. The van der Waals surface area contributed by atoms with Gasteiger partial charge in [0, 0.05) is 41.4 Å². The average molecular weight is 334 g/mol. The molecule has 1 fully saturated rings. The van der Waals surface area contributed by atoms with E-state index in [-0.39, 0.29) is 0 Å². The summed E-state index contributed by atoms with van der Waals surface area (Å²) in [6, 6.07) is 11.8. The van der Waals surface area contributed by atoms with E-state index in [0.29, 0.717) is 5.56 Å². The van der Waals surface area contributed by atoms with Gasteiger partial charge < -0.3 is 15.2 Å². The minimum absolute atomic E-state index is 0.664. The van der Waals surface area contributed by atoms with E-state index >= 15 is 0 Å². The number of fused-ring (bicyclic) bond motifs is 1. The molecule has 0 bridgehead atoms. The van der Waals surface area contributed by atoms with E-state index in [0.717, 1.165) is 47.4 Å². The monoisotopic (exact) mass is 334 g/mol. The van der Waals surface area contributed by atoms with E-state index < -0.39 is 0 Å². The van der Waals surface area contributed by atoms with Crippen LogP contribution in [-0.4, -0.2) is 47.3 Å². The van der Waals surface area contributed by atoms with Crippen molar-refractivity contribution in [3.8, 4) is 11.4 Å². The van der Waals surface area contributed by atoms with Crippen LogP contribution in [0.3, 0.4) is 0 Å². The van der Waals surface area contributed by atoms with Crippen molar-refractivity contribution in [1.29, 1.82) is 0 Å². The molecule has 1 aliphatic heterocycles. The van der Waals surface area contributed by atoms with Gasteiger partial charge in [0.2, 0.25) is 0 Å². The van der Waals surface area contributed by atoms with Crippen molar-refractivity contribution in [2.45, 2.75) is 12.8 Å². The summed E-state index contributed by atoms with van der Waals surface area (Å²) < 4.78 is 0. The van der Waals surface area contributed by atoms with Crippen LogP contribution >= 0.6 is 0 Å². The van der Waals surface area contributed by atoms with Crippen LogP contribution in [0.4, 0.5) is 5.69 Å². The average Bonchev–Trinajstić information content (AvgIpc) is 3.29. The number of hydrogen-bond donors (Lipinski definition) is 2. The Morgan fingerprint density at radius 1 is 1.20 bits per heavy atom. The molecule has 3 aromatic rings. The molecule has 0 aliphatic carbocycles. The number of aromatic nitrogens is 2. The lowest BCUT2D eigenvalue weighted by Crippen LogP contribution is -2.25. The van der Waals surface area contributed by atoms with Gasteiger partial charge in [0.25, 0.3) is 0 Å². The molecule has 5 nitrogen and oxygen atoms in total. The predicted octanol–water partition coefficient (Wildman–Crippen LogP) is 3.55. The fraction of sp³-hybridized carbons (Fsp3) is 0.300. The molecule has 0 amide bonds. The number of H-pyrrole nitrogens is 1. The Morgan fingerprint density at radius 3 is 2.88 bits per heavy atom. The number of aldehydes is 1. The van der Waals surface area contributed by atoms with Crippen LogP contribution in [0.5, 0.6) is 0 Å². The number of likely N-dealkylation sites (tertiary alicyclic amines) is 1. The van der Waals surface area contributed by atoms with E-state index in [1.165, 1.54) is 25.9 Å². The molecule has 0 unspecified atom stereocenters. The zero-order valence-corrected chi connectivity index (χ0v) is 14.2. The third-order valence-corrected chi connectivity index (χ3v) is 4.84. The highest BCUT2D eigenvalue weighted by Crippen LogP contribution is 2.28. The number of benzene rings is 1. The van der Waals surface area contributed by atoms with Crippen LogP contribution in [0.15, 0.2) is 42.6 Å². The van der Waals surface area contributed by atoms with Crippen molar-refractivity contribution in [3.63, 3.8) is 0 Å². The first-order chi connectivity index (χ1) is 12.3. The summed E-state index contributed by atoms with van der Waals surface area (Å²) in [5.74, 6) is 0. The number of nitrogens with zero attached hydrogens (tertiary/aromatic N) is 2. The van der Waals surface area contributed by atoms with Crippen molar-refractivity contribution < 1.29 is 4.79 Å². The third kappa shape index (κ3) is 3.28. The quantitative estimate of drug-likeness (QED) is 0.677. The molecular formula is C20H22N4O. The first-order valence-corrected chi connectivity index (χ1v) is 8.84. The molecule has 0 atom stereocenters. The number of hydrogen-bond acceptors (Lipinski definition) is 4. The maximum absolute atomic E-state index is 11.6. The van der Waals surface area contributed by atoms with Crippen molar-refractivity contribution in [1.82, 2.24) is 14.9 Å². The summed E-state index contributed by atoms with van der Waals surface area (Å²) in [5.41, 5.74) is 4.20. The molecule has 128 valence electrons. The fourth-order valence-electron chi connectivity index (χ4n) is 3.53. The van der Waals surface area contributed by atoms with Gasteiger partial charge in [-0.1, -0.05) is 18.2 Å². The van der Waals surface area contributed by atoms with Crippen LogP contribution in [0.25, 0.3) is 22.3 Å². The summed E-state index contributed by atoms with van der Waals surface area (Å²) in [4.78, 5) is 21.9. The van der Waals surface area contributed by atoms with Gasteiger partial charge in [-0.15, -0.1) is 0 Å². The SMILES string of the molecule is O=Cc1c(-c2cc(NCCN3CCCC3)ccn2)[nH]c2ccccc12. The molecule has 0 spiro atoms. The summed E-state index contributed by atoms with van der Waals surface area (Å²) in [5, 5.41) is 4.40. The molecule has 3 heterocycles. The fourth-order valence-corrected chi connectivity index (χ4v) is 3.53. The Bertz CT molecular complexity index is 880. The number of carbonyl (C=O) groups excluding carboxylic acids is 1. The Morgan fingerprint density at radius 2 is 2.04 bits per heavy atom. The second kappa shape index (κ2) is 7.07. The van der Waals surface area contributed by atoms with Gasteiger partial charge in [-0.05, 0) is 44.1 Å². The number of nitrogens with one attached hydrogen (secondary N) is 2. The number of para-hydroxylation sites is 1. The van der Waals surface area contributed by atoms with Gasteiger partial charge in [-0.3, -0.25) is 9.78 Å². The van der Waals surface area contributed by atoms with Crippen molar-refractivity contribution in [3.05, 3.63) is 48.2 Å². The largest absolute Gasteiger partial charge is 0.384 e. The Hall–Kier alpha value is -2.66. The topological polar surface area (TPSA) is 61.0 Å². The van der Waals surface area contributed by atoms with Crippen LogP contribution in [0, 0.1) is 0 Å². The van der Waals surface area contributed by atoms with Crippen LogP contribution in [0.2, 0.25) is 0 Å². The molecule has 25 heavy (non-hydrogen) atoms.